The van der Waals surface area contributed by atoms with Crippen molar-refractivity contribution in [1.29, 1.82) is 0 Å². The van der Waals surface area contributed by atoms with Gasteiger partial charge >= 0.3 is 0 Å². The molecule has 4 heteroatoms. The lowest BCUT2D eigenvalue weighted by atomic mass is 9.92. The maximum atomic E-state index is 4.05. The lowest BCUT2D eigenvalue weighted by Crippen LogP contribution is -1.91. The molecule has 0 N–H and O–H groups in total. The summed E-state index contributed by atoms with van der Waals surface area (Å²) in [6, 6.07) is 16.4. The van der Waals surface area contributed by atoms with Crippen LogP contribution < -0.4 is 0 Å². The van der Waals surface area contributed by atoms with Crippen molar-refractivity contribution < 1.29 is 0 Å². The van der Waals surface area contributed by atoms with E-state index in [0.29, 0.717) is 0 Å². The molecule has 0 bridgehead atoms. The van der Waals surface area contributed by atoms with Crippen LogP contribution in [0.2, 0.25) is 0 Å². The van der Waals surface area contributed by atoms with Crippen LogP contribution in [-0.4, -0.2) is 19.9 Å². The Hall–Kier alpha value is -4.54. The van der Waals surface area contributed by atoms with E-state index in [4.69, 9.17) is 0 Å². The van der Waals surface area contributed by atoms with Gasteiger partial charge in [-0.15, -0.1) is 0 Å². The Morgan fingerprint density at radius 2 is 0.767 bits per heavy atom. The van der Waals surface area contributed by atoms with Crippen LogP contribution >= 0.6 is 0 Å². The number of hydrogen-bond donors (Lipinski definition) is 0. The van der Waals surface area contributed by atoms with Gasteiger partial charge in [0.25, 0.3) is 0 Å². The lowest BCUT2D eigenvalue weighted by Gasteiger charge is -2.10. The van der Waals surface area contributed by atoms with Gasteiger partial charge in [0.1, 0.15) is 12.7 Å². The van der Waals surface area contributed by atoms with E-state index >= 15 is 0 Å². The highest BCUT2D eigenvalue weighted by Gasteiger charge is 2.11. The normalized spacial score (nSPS) is 10.1. The molecular formula is C26H14N4. The third-order valence-electron chi connectivity index (χ3n) is 4.72. The zero-order valence-electron chi connectivity index (χ0n) is 15.9. The predicted octanol–water partition coefficient (Wildman–Crippen LogP) is 4.37. The van der Waals surface area contributed by atoms with Gasteiger partial charge in [0.15, 0.2) is 0 Å². The fourth-order valence-electron chi connectivity index (χ4n) is 3.39. The first-order chi connectivity index (χ1) is 14.9. The number of nitrogens with zero attached hydrogens (tertiary/aromatic N) is 4. The highest BCUT2D eigenvalue weighted by atomic mass is 14.8. The summed E-state index contributed by atoms with van der Waals surface area (Å²) in [5.74, 6) is 13.1. The predicted molar refractivity (Wildman–Crippen MR) is 117 cm³/mol. The van der Waals surface area contributed by atoms with Crippen LogP contribution in [0.4, 0.5) is 0 Å². The number of fused-ring (bicyclic) bond motifs is 2. The molecule has 0 aliphatic carbocycles. The van der Waals surface area contributed by atoms with Crippen LogP contribution in [0.25, 0.3) is 21.5 Å². The molecule has 5 rings (SSSR count). The van der Waals surface area contributed by atoms with Gasteiger partial charge in [-0.2, -0.15) is 0 Å². The van der Waals surface area contributed by atoms with Crippen molar-refractivity contribution >= 4 is 21.5 Å². The van der Waals surface area contributed by atoms with Gasteiger partial charge in [0.2, 0.25) is 0 Å². The summed E-state index contributed by atoms with van der Waals surface area (Å²) >= 11 is 0. The number of hydrogen-bond acceptors (Lipinski definition) is 4. The van der Waals surface area contributed by atoms with E-state index < -0.39 is 0 Å². The third-order valence-corrected chi connectivity index (χ3v) is 4.72. The fourth-order valence-corrected chi connectivity index (χ4v) is 3.39. The minimum absolute atomic E-state index is 0.776. The van der Waals surface area contributed by atoms with Gasteiger partial charge in [0.05, 0.1) is 11.1 Å². The molecular weight excluding hydrogens is 368 g/mol. The van der Waals surface area contributed by atoms with Gasteiger partial charge in [-0.05, 0) is 21.5 Å². The van der Waals surface area contributed by atoms with Crippen molar-refractivity contribution in [1.82, 2.24) is 19.9 Å². The standard InChI is InChI=1S/C26H14N4/c1-2-6-22-21(5-1)25(11-9-19-13-27-17-28-14-19)23-7-3-4-8-24(23)26(22)12-10-20-15-29-18-30-16-20/h1-8,13-18H. The summed E-state index contributed by atoms with van der Waals surface area (Å²) in [6.07, 6.45) is 9.86. The van der Waals surface area contributed by atoms with Gasteiger partial charge < -0.3 is 0 Å². The van der Waals surface area contributed by atoms with E-state index in [0.717, 1.165) is 43.8 Å². The minimum atomic E-state index is 0.776. The first kappa shape index (κ1) is 17.6. The Balaban J connectivity index is 1.79. The Labute approximate surface area is 173 Å². The molecule has 0 fully saturated rings. The van der Waals surface area contributed by atoms with Crippen LogP contribution in [0.5, 0.6) is 0 Å². The van der Waals surface area contributed by atoms with Gasteiger partial charge in [0, 0.05) is 35.9 Å². The molecule has 0 aliphatic heterocycles. The SMILES string of the molecule is C(#Cc1c2ccccc2c(C#Cc2cncnc2)c2ccccc12)c1cncnc1. The molecule has 138 valence electrons. The largest absolute Gasteiger partial charge is 0.244 e. The van der Waals surface area contributed by atoms with Crippen LogP contribution in [0.3, 0.4) is 0 Å². The third kappa shape index (κ3) is 3.35. The van der Waals surface area contributed by atoms with Crippen LogP contribution in [-0.2, 0) is 0 Å². The fraction of sp³-hybridized carbons (Fsp3) is 0. The lowest BCUT2D eigenvalue weighted by molar-refractivity contribution is 1.16. The highest BCUT2D eigenvalue weighted by Crippen LogP contribution is 2.32. The Kier molecular flexibility index (Phi) is 4.58. The Bertz CT molecular complexity index is 1310. The molecule has 0 radical (unpaired) electrons. The molecule has 3 aromatic carbocycles. The summed E-state index contributed by atoms with van der Waals surface area (Å²) in [4.78, 5) is 16.2. The van der Waals surface area contributed by atoms with Crippen molar-refractivity contribution in [2.75, 3.05) is 0 Å². The molecule has 0 atom stereocenters. The zero-order chi connectivity index (χ0) is 20.2. The zero-order valence-corrected chi connectivity index (χ0v) is 15.9. The Morgan fingerprint density at radius 3 is 1.10 bits per heavy atom. The van der Waals surface area contributed by atoms with Crippen LogP contribution in [0.1, 0.15) is 22.3 Å². The van der Waals surface area contributed by atoms with Crippen molar-refractivity contribution in [3.05, 3.63) is 108 Å². The van der Waals surface area contributed by atoms with Crippen molar-refractivity contribution in [2.45, 2.75) is 0 Å². The van der Waals surface area contributed by atoms with E-state index in [1.165, 1.54) is 12.7 Å². The van der Waals surface area contributed by atoms with Gasteiger partial charge in [-0.25, -0.2) is 19.9 Å². The average Bonchev–Trinajstić information content (AvgIpc) is 2.82. The van der Waals surface area contributed by atoms with Crippen LogP contribution in [0, 0.1) is 23.7 Å². The Morgan fingerprint density at radius 1 is 0.433 bits per heavy atom. The molecule has 4 nitrogen and oxygen atoms in total. The summed E-state index contributed by atoms with van der Waals surface area (Å²) in [6.45, 7) is 0. The maximum Gasteiger partial charge on any atom is 0.115 e. The number of benzene rings is 3. The summed E-state index contributed by atoms with van der Waals surface area (Å²) < 4.78 is 0. The van der Waals surface area contributed by atoms with E-state index in [1.807, 2.05) is 24.3 Å². The molecule has 0 amide bonds. The monoisotopic (exact) mass is 382 g/mol. The molecule has 0 spiro atoms. The minimum Gasteiger partial charge on any atom is -0.244 e. The van der Waals surface area contributed by atoms with E-state index in [1.54, 1.807) is 24.8 Å². The van der Waals surface area contributed by atoms with Crippen LogP contribution in [0.15, 0.2) is 86.0 Å². The second kappa shape index (κ2) is 7.83. The van der Waals surface area contributed by atoms with E-state index in [-0.39, 0.29) is 0 Å². The molecule has 0 aliphatic rings. The quantitative estimate of drug-likeness (QED) is 0.295. The maximum absolute atomic E-state index is 4.05. The van der Waals surface area contributed by atoms with Gasteiger partial charge in [-0.1, -0.05) is 72.2 Å². The summed E-state index contributed by atoms with van der Waals surface area (Å²) in [5.41, 5.74) is 3.49. The van der Waals surface area contributed by atoms with Crippen molar-refractivity contribution in [3.8, 4) is 23.7 Å². The molecule has 0 unspecified atom stereocenters. The molecule has 0 saturated carbocycles. The second-order valence-electron chi connectivity index (χ2n) is 6.60. The first-order valence-electron chi connectivity index (χ1n) is 9.37. The smallest absolute Gasteiger partial charge is 0.115 e. The molecule has 2 aromatic heterocycles. The molecule has 0 saturated heterocycles. The van der Waals surface area contributed by atoms with E-state index in [9.17, 15) is 0 Å². The van der Waals surface area contributed by atoms with Crippen molar-refractivity contribution in [3.63, 3.8) is 0 Å². The summed E-state index contributed by atoms with van der Waals surface area (Å²) in [7, 11) is 0. The highest BCUT2D eigenvalue weighted by molar-refractivity contribution is 6.09. The summed E-state index contributed by atoms with van der Waals surface area (Å²) in [5, 5.41) is 4.26. The van der Waals surface area contributed by atoms with Gasteiger partial charge in [-0.3, -0.25) is 0 Å². The molecule has 30 heavy (non-hydrogen) atoms. The number of rotatable bonds is 0. The van der Waals surface area contributed by atoms with E-state index in [2.05, 4.69) is 67.9 Å². The molecule has 5 aromatic rings. The second-order valence-corrected chi connectivity index (χ2v) is 6.60. The topological polar surface area (TPSA) is 51.6 Å². The first-order valence-corrected chi connectivity index (χ1v) is 9.37. The molecule has 2 heterocycles. The van der Waals surface area contributed by atoms with Crippen molar-refractivity contribution in [2.24, 2.45) is 0 Å². The average molecular weight is 382 g/mol. The number of aromatic nitrogens is 4.